The molecule has 1 aliphatic heterocycles. The second kappa shape index (κ2) is 6.47. The highest BCUT2D eigenvalue weighted by Crippen LogP contribution is 2.44. The molecule has 7 heteroatoms. The Labute approximate surface area is 145 Å². The maximum atomic E-state index is 12.0. The van der Waals surface area contributed by atoms with E-state index in [-0.39, 0.29) is 5.91 Å². The van der Waals surface area contributed by atoms with Crippen LogP contribution in [0.3, 0.4) is 0 Å². The molecule has 2 aliphatic rings. The molecular formula is C17H21N5OS. The Hall–Kier alpha value is -2.02. The first-order valence-electron chi connectivity index (χ1n) is 8.45. The zero-order valence-corrected chi connectivity index (χ0v) is 14.3. The topological polar surface area (TPSA) is 77.0 Å². The highest BCUT2D eigenvalue weighted by atomic mass is 32.2. The van der Waals surface area contributed by atoms with Crippen molar-refractivity contribution in [2.75, 3.05) is 18.0 Å². The molecule has 2 fully saturated rings. The van der Waals surface area contributed by atoms with Crippen LogP contribution in [0.15, 0.2) is 35.5 Å². The summed E-state index contributed by atoms with van der Waals surface area (Å²) in [6.45, 7) is 2.07. The minimum atomic E-state index is -0.445. The van der Waals surface area contributed by atoms with E-state index in [0.717, 1.165) is 42.6 Å². The first kappa shape index (κ1) is 15.5. The van der Waals surface area contributed by atoms with Gasteiger partial charge in [-0.3, -0.25) is 9.36 Å². The summed E-state index contributed by atoms with van der Waals surface area (Å²) in [7, 11) is 0. The van der Waals surface area contributed by atoms with E-state index in [2.05, 4.69) is 19.7 Å². The molecule has 6 nitrogen and oxygen atoms in total. The minimum absolute atomic E-state index is 0.348. The summed E-state index contributed by atoms with van der Waals surface area (Å²) in [5.41, 5.74) is 6.57. The number of primary amides is 1. The number of benzene rings is 1. The number of nitrogens with zero attached hydrogens (tertiary/aromatic N) is 4. The SMILES string of the molecule is NC(=O)[C@@H](Sc1nnc(N2CCCC2)n1C1CC1)c1ccccc1. The van der Waals surface area contributed by atoms with Gasteiger partial charge in [0.15, 0.2) is 5.16 Å². The van der Waals surface area contributed by atoms with Crippen molar-refractivity contribution in [1.29, 1.82) is 0 Å². The van der Waals surface area contributed by atoms with Crippen LogP contribution in [-0.4, -0.2) is 33.8 Å². The van der Waals surface area contributed by atoms with Crippen LogP contribution < -0.4 is 10.6 Å². The summed E-state index contributed by atoms with van der Waals surface area (Å²) in [5, 5.41) is 9.18. The second-order valence-electron chi connectivity index (χ2n) is 6.39. The number of thioether (sulfide) groups is 1. The standard InChI is InChI=1S/C17H21N5OS/c18-15(23)14(12-6-2-1-3-7-12)24-17-20-19-16(21-10-4-5-11-21)22(17)13-8-9-13/h1-3,6-7,13-14H,4-5,8-11H2,(H2,18,23)/t14-/m0/s1. The molecule has 1 aromatic carbocycles. The summed E-state index contributed by atoms with van der Waals surface area (Å²) in [5.74, 6) is 0.605. The lowest BCUT2D eigenvalue weighted by Crippen LogP contribution is -2.22. The molecule has 1 aromatic heterocycles. The van der Waals surface area contributed by atoms with Crippen LogP contribution >= 0.6 is 11.8 Å². The Morgan fingerprint density at radius 3 is 2.50 bits per heavy atom. The molecule has 0 bridgehead atoms. The van der Waals surface area contributed by atoms with Crippen LogP contribution in [0.4, 0.5) is 5.95 Å². The molecule has 1 saturated carbocycles. The second-order valence-corrected chi connectivity index (χ2v) is 7.46. The van der Waals surface area contributed by atoms with E-state index in [1.165, 1.54) is 24.6 Å². The largest absolute Gasteiger partial charge is 0.368 e. The lowest BCUT2D eigenvalue weighted by molar-refractivity contribution is -0.117. The number of hydrogen-bond donors (Lipinski definition) is 1. The number of rotatable bonds is 6. The van der Waals surface area contributed by atoms with Crippen molar-refractivity contribution >= 4 is 23.6 Å². The third kappa shape index (κ3) is 3.00. The Bertz CT molecular complexity index is 722. The summed E-state index contributed by atoms with van der Waals surface area (Å²) in [6.07, 6.45) is 4.71. The Morgan fingerprint density at radius 2 is 1.88 bits per heavy atom. The van der Waals surface area contributed by atoms with Crippen LogP contribution in [0.25, 0.3) is 0 Å². The van der Waals surface area contributed by atoms with E-state index < -0.39 is 5.25 Å². The van der Waals surface area contributed by atoms with Crippen molar-refractivity contribution in [2.24, 2.45) is 5.73 Å². The molecule has 2 N–H and O–H groups in total. The number of amides is 1. The van der Waals surface area contributed by atoms with Crippen molar-refractivity contribution < 1.29 is 4.79 Å². The lowest BCUT2D eigenvalue weighted by atomic mass is 10.1. The minimum Gasteiger partial charge on any atom is -0.368 e. The number of aromatic nitrogens is 3. The summed E-state index contributed by atoms with van der Waals surface area (Å²) < 4.78 is 2.22. The van der Waals surface area contributed by atoms with Crippen LogP contribution in [0, 0.1) is 0 Å². The molecule has 24 heavy (non-hydrogen) atoms. The number of anilines is 1. The monoisotopic (exact) mass is 343 g/mol. The van der Waals surface area contributed by atoms with Gasteiger partial charge >= 0.3 is 0 Å². The third-order valence-corrected chi connectivity index (χ3v) is 5.76. The van der Waals surface area contributed by atoms with E-state index in [0.29, 0.717) is 6.04 Å². The van der Waals surface area contributed by atoms with E-state index >= 15 is 0 Å². The van der Waals surface area contributed by atoms with Gasteiger partial charge in [0, 0.05) is 19.1 Å². The van der Waals surface area contributed by atoms with Gasteiger partial charge in [-0.25, -0.2) is 0 Å². The maximum absolute atomic E-state index is 12.0. The van der Waals surface area contributed by atoms with Crippen molar-refractivity contribution in [2.45, 2.75) is 42.1 Å². The Morgan fingerprint density at radius 1 is 1.17 bits per heavy atom. The molecule has 0 spiro atoms. The molecule has 1 saturated heterocycles. The Balaban J connectivity index is 1.64. The number of carbonyl (C=O) groups is 1. The van der Waals surface area contributed by atoms with Crippen molar-refractivity contribution in [3.8, 4) is 0 Å². The van der Waals surface area contributed by atoms with Gasteiger partial charge in [0.1, 0.15) is 5.25 Å². The van der Waals surface area contributed by atoms with Gasteiger partial charge in [-0.2, -0.15) is 0 Å². The van der Waals surface area contributed by atoms with E-state index in [1.54, 1.807) is 0 Å². The van der Waals surface area contributed by atoms with Crippen LogP contribution in [0.2, 0.25) is 0 Å². The molecule has 2 aromatic rings. The zero-order chi connectivity index (χ0) is 16.5. The van der Waals surface area contributed by atoms with E-state index in [1.807, 2.05) is 30.3 Å². The predicted molar refractivity (Wildman–Crippen MR) is 94.0 cm³/mol. The normalized spacial score (nSPS) is 18.8. The quantitative estimate of drug-likeness (QED) is 0.816. The number of hydrogen-bond acceptors (Lipinski definition) is 5. The highest BCUT2D eigenvalue weighted by molar-refractivity contribution is 8.00. The lowest BCUT2D eigenvalue weighted by Gasteiger charge is -2.19. The molecule has 1 aliphatic carbocycles. The maximum Gasteiger partial charge on any atom is 0.235 e. The van der Waals surface area contributed by atoms with Gasteiger partial charge in [-0.1, -0.05) is 42.1 Å². The third-order valence-electron chi connectivity index (χ3n) is 4.53. The van der Waals surface area contributed by atoms with Gasteiger partial charge in [-0.15, -0.1) is 10.2 Å². The molecule has 4 rings (SSSR count). The fourth-order valence-electron chi connectivity index (χ4n) is 3.16. The molecule has 126 valence electrons. The number of carbonyl (C=O) groups excluding carboxylic acids is 1. The fourth-order valence-corrected chi connectivity index (χ4v) is 4.21. The van der Waals surface area contributed by atoms with Crippen LogP contribution in [0.5, 0.6) is 0 Å². The van der Waals surface area contributed by atoms with Gasteiger partial charge in [0.05, 0.1) is 0 Å². The molecule has 0 unspecified atom stereocenters. The predicted octanol–water partition coefficient (Wildman–Crippen LogP) is 2.53. The van der Waals surface area contributed by atoms with E-state index in [9.17, 15) is 4.79 Å². The average molecular weight is 343 g/mol. The van der Waals surface area contributed by atoms with Gasteiger partial charge in [-0.05, 0) is 31.2 Å². The number of nitrogens with two attached hydrogens (primary N) is 1. The van der Waals surface area contributed by atoms with Crippen molar-refractivity contribution in [1.82, 2.24) is 14.8 Å². The summed E-state index contributed by atoms with van der Waals surface area (Å²) in [6, 6.07) is 10.1. The first-order valence-corrected chi connectivity index (χ1v) is 9.33. The van der Waals surface area contributed by atoms with Gasteiger partial charge < -0.3 is 10.6 Å². The van der Waals surface area contributed by atoms with Crippen molar-refractivity contribution in [3.63, 3.8) is 0 Å². The van der Waals surface area contributed by atoms with E-state index in [4.69, 9.17) is 5.73 Å². The smallest absolute Gasteiger partial charge is 0.235 e. The summed E-state index contributed by atoms with van der Waals surface area (Å²) >= 11 is 1.41. The highest BCUT2D eigenvalue weighted by Gasteiger charge is 2.34. The van der Waals surface area contributed by atoms with Crippen LogP contribution in [-0.2, 0) is 4.79 Å². The average Bonchev–Trinajstić information content (AvgIpc) is 3.11. The molecular weight excluding hydrogens is 322 g/mol. The molecule has 0 radical (unpaired) electrons. The Kier molecular flexibility index (Phi) is 4.18. The molecule has 1 amide bonds. The fraction of sp³-hybridized carbons (Fsp3) is 0.471. The van der Waals surface area contributed by atoms with Crippen LogP contribution in [0.1, 0.15) is 42.5 Å². The van der Waals surface area contributed by atoms with Gasteiger partial charge in [0.25, 0.3) is 0 Å². The molecule has 2 heterocycles. The zero-order valence-electron chi connectivity index (χ0n) is 13.5. The van der Waals surface area contributed by atoms with Crippen molar-refractivity contribution in [3.05, 3.63) is 35.9 Å². The van der Waals surface area contributed by atoms with Gasteiger partial charge in [0.2, 0.25) is 11.9 Å². The summed E-state index contributed by atoms with van der Waals surface area (Å²) in [4.78, 5) is 14.3. The molecule has 1 atom stereocenters. The first-order chi connectivity index (χ1) is 11.7.